The average molecular weight is 461 g/mol. The number of aromatic amines is 2. The van der Waals surface area contributed by atoms with Gasteiger partial charge in [0, 0.05) is 26.6 Å². The lowest BCUT2D eigenvalue weighted by Crippen LogP contribution is -2.10. The van der Waals surface area contributed by atoms with Crippen molar-refractivity contribution in [2.45, 2.75) is 4.90 Å². The lowest BCUT2D eigenvalue weighted by atomic mass is 10.1. The first-order valence-electron chi connectivity index (χ1n) is 8.56. The Hall–Kier alpha value is -2.91. The highest BCUT2D eigenvalue weighted by molar-refractivity contribution is 7.86. The van der Waals surface area contributed by atoms with Crippen LogP contribution in [0.5, 0.6) is 0 Å². The summed E-state index contributed by atoms with van der Waals surface area (Å²) in [6, 6.07) is 10.4. The molecule has 0 saturated carbocycles. The van der Waals surface area contributed by atoms with E-state index in [4.69, 9.17) is 23.2 Å². The Bertz CT molecular complexity index is 1790. The Kier molecular flexibility index (Phi) is 4.00. The minimum absolute atomic E-state index is 0.0325. The van der Waals surface area contributed by atoms with Crippen LogP contribution in [-0.2, 0) is 10.1 Å². The molecular weight excluding hydrogens is 451 g/mol. The second-order valence-corrected chi connectivity index (χ2v) is 9.02. The fraction of sp³-hybridized carbons (Fsp3) is 0. The van der Waals surface area contributed by atoms with E-state index in [-0.39, 0.29) is 32.3 Å². The van der Waals surface area contributed by atoms with E-state index in [0.29, 0.717) is 26.8 Å². The standard InChI is InChI=1S/C20H10Cl2N2O5S/c21-8-1-2-9-14(5-8)23-15-6-12-16(7-11(15)18(9)25)24-17-10(19(12)26)3-4-13(22)20(17)30(27,28)29/h1-7H,(H,23,25)(H,24,26)(H,27,28,29). The second-order valence-electron chi connectivity index (χ2n) is 6.82. The van der Waals surface area contributed by atoms with Crippen LogP contribution in [0.4, 0.5) is 0 Å². The van der Waals surface area contributed by atoms with Crippen molar-refractivity contribution in [2.75, 3.05) is 0 Å². The van der Waals surface area contributed by atoms with Crippen LogP contribution >= 0.6 is 23.2 Å². The summed E-state index contributed by atoms with van der Waals surface area (Å²) in [6.07, 6.45) is 0. The van der Waals surface area contributed by atoms with Crippen LogP contribution in [0.1, 0.15) is 0 Å². The first-order chi connectivity index (χ1) is 14.1. The first-order valence-corrected chi connectivity index (χ1v) is 10.8. The highest BCUT2D eigenvalue weighted by Gasteiger charge is 2.21. The Morgan fingerprint density at radius 3 is 1.97 bits per heavy atom. The number of hydrogen-bond donors (Lipinski definition) is 3. The number of fused-ring (bicyclic) bond motifs is 4. The minimum Gasteiger partial charge on any atom is -0.354 e. The zero-order chi connectivity index (χ0) is 21.4. The maximum atomic E-state index is 13.1. The average Bonchev–Trinajstić information content (AvgIpc) is 2.66. The minimum atomic E-state index is -4.71. The molecule has 0 saturated heterocycles. The van der Waals surface area contributed by atoms with E-state index < -0.39 is 20.4 Å². The van der Waals surface area contributed by atoms with Crippen LogP contribution in [0.3, 0.4) is 0 Å². The molecule has 2 heterocycles. The molecule has 7 nitrogen and oxygen atoms in total. The van der Waals surface area contributed by atoms with Crippen molar-refractivity contribution in [1.82, 2.24) is 9.97 Å². The number of nitrogens with one attached hydrogen (secondary N) is 2. The van der Waals surface area contributed by atoms with Gasteiger partial charge in [0.25, 0.3) is 10.1 Å². The molecule has 30 heavy (non-hydrogen) atoms. The van der Waals surface area contributed by atoms with Gasteiger partial charge in [-0.2, -0.15) is 8.42 Å². The van der Waals surface area contributed by atoms with Crippen molar-refractivity contribution < 1.29 is 13.0 Å². The molecular formula is C20H10Cl2N2O5S. The Morgan fingerprint density at radius 2 is 1.30 bits per heavy atom. The van der Waals surface area contributed by atoms with Crippen molar-refractivity contribution in [1.29, 1.82) is 0 Å². The highest BCUT2D eigenvalue weighted by atomic mass is 35.5. The van der Waals surface area contributed by atoms with Gasteiger partial charge in [-0.25, -0.2) is 0 Å². The Labute approximate surface area is 177 Å². The van der Waals surface area contributed by atoms with Crippen LogP contribution in [0.15, 0.2) is 56.9 Å². The molecule has 0 aliphatic heterocycles. The third-order valence-electron chi connectivity index (χ3n) is 5.01. The molecule has 0 fully saturated rings. The number of hydrogen-bond acceptors (Lipinski definition) is 4. The number of aromatic nitrogens is 2. The van der Waals surface area contributed by atoms with Gasteiger partial charge in [-0.3, -0.25) is 14.1 Å². The zero-order valence-electron chi connectivity index (χ0n) is 14.8. The van der Waals surface area contributed by atoms with Crippen LogP contribution in [0.25, 0.3) is 43.6 Å². The molecule has 0 radical (unpaired) electrons. The lowest BCUT2D eigenvalue weighted by Gasteiger charge is -2.10. The van der Waals surface area contributed by atoms with Gasteiger partial charge in [0.05, 0.1) is 27.1 Å². The summed E-state index contributed by atoms with van der Waals surface area (Å²) in [5, 5.41) is 1.19. The van der Waals surface area contributed by atoms with E-state index in [1.54, 1.807) is 18.2 Å². The normalized spacial score (nSPS) is 12.4. The number of rotatable bonds is 1. The van der Waals surface area contributed by atoms with Crippen LogP contribution in [-0.4, -0.2) is 22.9 Å². The fourth-order valence-electron chi connectivity index (χ4n) is 3.69. The van der Waals surface area contributed by atoms with Gasteiger partial charge >= 0.3 is 0 Å². The van der Waals surface area contributed by atoms with Crippen molar-refractivity contribution in [3.05, 3.63) is 73.0 Å². The van der Waals surface area contributed by atoms with E-state index in [1.165, 1.54) is 24.3 Å². The maximum Gasteiger partial charge on any atom is 0.298 e. The third kappa shape index (κ3) is 2.73. The highest BCUT2D eigenvalue weighted by Crippen LogP contribution is 2.30. The SMILES string of the molecule is O=c1c2ccc(Cl)cc2[nH]c2cc3c(=O)c4ccc(Cl)c(S(=O)(=O)O)c4[nH]c3cc12. The molecule has 10 heteroatoms. The lowest BCUT2D eigenvalue weighted by molar-refractivity contribution is 0.484. The molecule has 5 aromatic rings. The monoisotopic (exact) mass is 460 g/mol. The molecule has 0 atom stereocenters. The van der Waals surface area contributed by atoms with Crippen molar-refractivity contribution >= 4 is 76.9 Å². The second kappa shape index (κ2) is 6.29. The maximum absolute atomic E-state index is 13.1. The molecule has 5 rings (SSSR count). The van der Waals surface area contributed by atoms with E-state index in [2.05, 4.69) is 9.97 Å². The van der Waals surface area contributed by atoms with Crippen LogP contribution in [0, 0.1) is 0 Å². The molecule has 0 aliphatic rings. The summed E-state index contributed by atoms with van der Waals surface area (Å²) >= 11 is 12.0. The molecule has 0 amide bonds. The molecule has 0 bridgehead atoms. The predicted molar refractivity (Wildman–Crippen MR) is 118 cm³/mol. The van der Waals surface area contributed by atoms with Crippen LogP contribution < -0.4 is 10.9 Å². The van der Waals surface area contributed by atoms with Gasteiger partial charge in [0.15, 0.2) is 10.9 Å². The smallest absolute Gasteiger partial charge is 0.298 e. The van der Waals surface area contributed by atoms with Crippen molar-refractivity contribution in [2.24, 2.45) is 0 Å². The van der Waals surface area contributed by atoms with Crippen molar-refractivity contribution in [3.63, 3.8) is 0 Å². The topological polar surface area (TPSA) is 120 Å². The summed E-state index contributed by atoms with van der Waals surface area (Å²) in [5.74, 6) is 0. The van der Waals surface area contributed by atoms with E-state index in [9.17, 15) is 22.6 Å². The molecule has 3 aromatic carbocycles. The quantitative estimate of drug-likeness (QED) is 0.255. The zero-order valence-corrected chi connectivity index (χ0v) is 17.1. The van der Waals surface area contributed by atoms with E-state index in [0.717, 1.165) is 0 Å². The molecule has 0 aliphatic carbocycles. The summed E-state index contributed by atoms with van der Waals surface area (Å²) in [6.45, 7) is 0. The third-order valence-corrected chi connectivity index (χ3v) is 6.62. The number of benzene rings is 3. The van der Waals surface area contributed by atoms with Gasteiger partial charge in [-0.05, 0) is 42.5 Å². The molecule has 150 valence electrons. The molecule has 0 spiro atoms. The van der Waals surface area contributed by atoms with Gasteiger partial charge in [0.1, 0.15) is 4.90 Å². The first kappa shape index (κ1) is 19.1. The number of pyridine rings is 2. The van der Waals surface area contributed by atoms with Crippen molar-refractivity contribution in [3.8, 4) is 0 Å². The number of halogens is 2. The Balaban J connectivity index is 2.01. The summed E-state index contributed by atoms with van der Waals surface area (Å²) in [7, 11) is -4.71. The van der Waals surface area contributed by atoms with Crippen LogP contribution in [0.2, 0.25) is 10.0 Å². The van der Waals surface area contributed by atoms with E-state index in [1.807, 2.05) is 0 Å². The largest absolute Gasteiger partial charge is 0.354 e. The van der Waals surface area contributed by atoms with Gasteiger partial charge in [0.2, 0.25) is 0 Å². The summed E-state index contributed by atoms with van der Waals surface area (Å²) < 4.78 is 33.3. The fourth-order valence-corrected chi connectivity index (χ4v) is 5.05. The summed E-state index contributed by atoms with van der Waals surface area (Å²) in [5.41, 5.74) is 0.290. The van der Waals surface area contributed by atoms with Gasteiger partial charge in [-0.15, -0.1) is 0 Å². The molecule has 0 unspecified atom stereocenters. The molecule has 2 aromatic heterocycles. The van der Waals surface area contributed by atoms with Gasteiger partial charge in [-0.1, -0.05) is 23.2 Å². The van der Waals surface area contributed by atoms with Gasteiger partial charge < -0.3 is 9.97 Å². The summed E-state index contributed by atoms with van der Waals surface area (Å²) in [4.78, 5) is 31.4. The molecule has 3 N–H and O–H groups in total. The Morgan fingerprint density at radius 1 is 0.733 bits per heavy atom. The predicted octanol–water partition coefficient (Wildman–Crippen LogP) is 4.23. The van der Waals surface area contributed by atoms with E-state index >= 15 is 0 Å². The number of H-pyrrole nitrogens is 2.